The standard InChI is InChI=1S/C16H21N3O2/c1-13(8-10-17)18-16(21)9-11-19(14(2)20)12-15-6-4-3-5-7-15/h3-7,13H,8-9,11-12H2,1-2H3,(H,18,21)/t13-/m0/s1. The molecule has 5 nitrogen and oxygen atoms in total. The van der Waals surface area contributed by atoms with Gasteiger partial charge in [-0.1, -0.05) is 30.3 Å². The van der Waals surface area contributed by atoms with Crippen molar-refractivity contribution in [1.29, 1.82) is 5.26 Å². The van der Waals surface area contributed by atoms with E-state index in [4.69, 9.17) is 5.26 Å². The third kappa shape index (κ3) is 6.57. The number of amides is 2. The lowest BCUT2D eigenvalue weighted by molar-refractivity contribution is -0.130. The van der Waals surface area contributed by atoms with Crippen LogP contribution in [0.25, 0.3) is 0 Å². The predicted octanol–water partition coefficient (Wildman–Crippen LogP) is 1.84. The molecule has 21 heavy (non-hydrogen) atoms. The quantitative estimate of drug-likeness (QED) is 0.831. The highest BCUT2D eigenvalue weighted by atomic mass is 16.2. The molecule has 112 valence electrons. The van der Waals surface area contributed by atoms with E-state index >= 15 is 0 Å². The van der Waals surface area contributed by atoms with Gasteiger partial charge in [0.25, 0.3) is 0 Å². The van der Waals surface area contributed by atoms with Crippen molar-refractivity contribution < 1.29 is 9.59 Å². The Labute approximate surface area is 125 Å². The molecule has 0 fully saturated rings. The lowest BCUT2D eigenvalue weighted by atomic mass is 10.2. The van der Waals surface area contributed by atoms with Crippen molar-refractivity contribution in [2.45, 2.75) is 39.3 Å². The van der Waals surface area contributed by atoms with Gasteiger partial charge >= 0.3 is 0 Å². The maximum absolute atomic E-state index is 11.7. The molecule has 0 bridgehead atoms. The first-order valence-corrected chi connectivity index (χ1v) is 6.98. The largest absolute Gasteiger partial charge is 0.353 e. The zero-order valence-electron chi connectivity index (χ0n) is 12.5. The monoisotopic (exact) mass is 287 g/mol. The third-order valence-electron chi connectivity index (χ3n) is 3.08. The minimum Gasteiger partial charge on any atom is -0.353 e. The number of nitrogens with zero attached hydrogens (tertiary/aromatic N) is 2. The predicted molar refractivity (Wildman–Crippen MR) is 80.0 cm³/mol. The van der Waals surface area contributed by atoms with Crippen LogP contribution in [0.3, 0.4) is 0 Å². The van der Waals surface area contributed by atoms with Crippen molar-refractivity contribution >= 4 is 11.8 Å². The van der Waals surface area contributed by atoms with E-state index in [-0.39, 0.29) is 30.7 Å². The highest BCUT2D eigenvalue weighted by Gasteiger charge is 2.13. The second-order valence-electron chi connectivity index (χ2n) is 5.01. The van der Waals surface area contributed by atoms with E-state index in [2.05, 4.69) is 5.32 Å². The van der Waals surface area contributed by atoms with Crippen molar-refractivity contribution in [1.82, 2.24) is 10.2 Å². The number of hydrogen-bond acceptors (Lipinski definition) is 3. The zero-order chi connectivity index (χ0) is 15.7. The van der Waals surface area contributed by atoms with Gasteiger partial charge in [0, 0.05) is 32.5 Å². The summed E-state index contributed by atoms with van der Waals surface area (Å²) in [6, 6.07) is 11.5. The topological polar surface area (TPSA) is 73.2 Å². The molecule has 1 rings (SSSR count). The van der Waals surface area contributed by atoms with Crippen molar-refractivity contribution in [3.63, 3.8) is 0 Å². The van der Waals surface area contributed by atoms with Crippen molar-refractivity contribution in [2.75, 3.05) is 6.54 Å². The molecule has 1 aromatic rings. The molecular formula is C16H21N3O2. The number of benzene rings is 1. The van der Waals surface area contributed by atoms with Crippen LogP contribution >= 0.6 is 0 Å². The van der Waals surface area contributed by atoms with Crippen LogP contribution in [0.1, 0.15) is 32.3 Å². The number of nitrogens with one attached hydrogen (secondary N) is 1. The summed E-state index contributed by atoms with van der Waals surface area (Å²) in [5.41, 5.74) is 1.03. The van der Waals surface area contributed by atoms with Crippen LogP contribution in [0.5, 0.6) is 0 Å². The fourth-order valence-electron chi connectivity index (χ4n) is 1.92. The molecule has 0 saturated heterocycles. The average Bonchev–Trinajstić information content (AvgIpc) is 2.44. The van der Waals surface area contributed by atoms with Gasteiger partial charge in [-0.05, 0) is 12.5 Å². The summed E-state index contributed by atoms with van der Waals surface area (Å²) < 4.78 is 0. The fraction of sp³-hybridized carbons (Fsp3) is 0.438. The van der Waals surface area contributed by atoms with Crippen LogP contribution in [0, 0.1) is 11.3 Å². The maximum Gasteiger partial charge on any atom is 0.222 e. The lowest BCUT2D eigenvalue weighted by Gasteiger charge is -2.21. The van der Waals surface area contributed by atoms with Gasteiger partial charge in [-0.3, -0.25) is 9.59 Å². The first-order chi connectivity index (χ1) is 10.0. The van der Waals surface area contributed by atoms with Gasteiger partial charge in [0.15, 0.2) is 0 Å². The molecule has 0 heterocycles. The first kappa shape index (κ1) is 16.7. The van der Waals surface area contributed by atoms with Crippen LogP contribution in [-0.2, 0) is 16.1 Å². The molecule has 0 saturated carbocycles. The van der Waals surface area contributed by atoms with Crippen molar-refractivity contribution in [3.05, 3.63) is 35.9 Å². The number of nitriles is 1. The molecule has 0 aliphatic rings. The molecule has 0 aliphatic carbocycles. The van der Waals surface area contributed by atoms with E-state index in [1.807, 2.05) is 36.4 Å². The van der Waals surface area contributed by atoms with Crippen LogP contribution in [0.15, 0.2) is 30.3 Å². The lowest BCUT2D eigenvalue weighted by Crippen LogP contribution is -2.36. The van der Waals surface area contributed by atoms with Crippen LogP contribution < -0.4 is 5.32 Å². The third-order valence-corrected chi connectivity index (χ3v) is 3.08. The Morgan fingerprint density at radius 1 is 1.33 bits per heavy atom. The van der Waals surface area contributed by atoms with E-state index in [9.17, 15) is 9.59 Å². The maximum atomic E-state index is 11.7. The molecule has 1 N–H and O–H groups in total. The fourth-order valence-corrected chi connectivity index (χ4v) is 1.92. The van der Waals surface area contributed by atoms with E-state index < -0.39 is 0 Å². The number of carbonyl (C=O) groups is 2. The Morgan fingerprint density at radius 2 is 2.00 bits per heavy atom. The summed E-state index contributed by atoms with van der Waals surface area (Å²) in [5.74, 6) is -0.200. The number of hydrogen-bond donors (Lipinski definition) is 1. The van der Waals surface area contributed by atoms with Gasteiger partial charge in [0.2, 0.25) is 11.8 Å². The van der Waals surface area contributed by atoms with Crippen LogP contribution in [0.2, 0.25) is 0 Å². The Bertz CT molecular complexity index is 508. The number of carbonyl (C=O) groups excluding carboxylic acids is 2. The molecule has 0 unspecified atom stereocenters. The zero-order valence-corrected chi connectivity index (χ0v) is 12.5. The smallest absolute Gasteiger partial charge is 0.222 e. The Morgan fingerprint density at radius 3 is 2.57 bits per heavy atom. The molecule has 0 radical (unpaired) electrons. The van der Waals surface area contributed by atoms with E-state index in [0.717, 1.165) is 5.56 Å². The molecule has 2 amide bonds. The summed E-state index contributed by atoms with van der Waals surface area (Å²) >= 11 is 0. The Hall–Kier alpha value is -2.35. The Balaban J connectivity index is 2.47. The highest BCUT2D eigenvalue weighted by molar-refractivity contribution is 5.78. The minimum absolute atomic E-state index is 0.0586. The van der Waals surface area contributed by atoms with Gasteiger partial charge < -0.3 is 10.2 Å². The second-order valence-corrected chi connectivity index (χ2v) is 5.01. The van der Waals surface area contributed by atoms with Crippen molar-refractivity contribution in [3.8, 4) is 6.07 Å². The summed E-state index contributed by atoms with van der Waals surface area (Å²) in [5, 5.41) is 11.3. The highest BCUT2D eigenvalue weighted by Crippen LogP contribution is 2.05. The second kappa shape index (κ2) is 8.75. The molecule has 0 aromatic heterocycles. The van der Waals surface area contributed by atoms with E-state index in [1.165, 1.54) is 6.92 Å². The molecule has 5 heteroatoms. The normalized spacial score (nSPS) is 11.3. The molecule has 0 spiro atoms. The van der Waals surface area contributed by atoms with Gasteiger partial charge in [0.05, 0.1) is 12.5 Å². The van der Waals surface area contributed by atoms with Crippen molar-refractivity contribution in [2.24, 2.45) is 0 Å². The van der Waals surface area contributed by atoms with Gasteiger partial charge in [-0.2, -0.15) is 5.26 Å². The van der Waals surface area contributed by atoms with Crippen LogP contribution in [-0.4, -0.2) is 29.3 Å². The molecular weight excluding hydrogens is 266 g/mol. The average molecular weight is 287 g/mol. The van der Waals surface area contributed by atoms with Crippen LogP contribution in [0.4, 0.5) is 0 Å². The summed E-state index contributed by atoms with van der Waals surface area (Å²) in [4.78, 5) is 25.0. The number of rotatable bonds is 7. The Kier molecular flexibility index (Phi) is 6.96. The molecule has 0 aliphatic heterocycles. The summed E-state index contributed by atoms with van der Waals surface area (Å²) in [6.45, 7) is 4.15. The minimum atomic E-state index is -0.164. The van der Waals surface area contributed by atoms with Gasteiger partial charge in [-0.15, -0.1) is 0 Å². The van der Waals surface area contributed by atoms with Gasteiger partial charge in [0.1, 0.15) is 0 Å². The van der Waals surface area contributed by atoms with E-state index in [0.29, 0.717) is 13.1 Å². The molecule has 1 aromatic carbocycles. The van der Waals surface area contributed by atoms with Gasteiger partial charge in [-0.25, -0.2) is 0 Å². The summed E-state index contributed by atoms with van der Waals surface area (Å²) in [7, 11) is 0. The van der Waals surface area contributed by atoms with E-state index in [1.54, 1.807) is 11.8 Å². The molecule has 1 atom stereocenters. The first-order valence-electron chi connectivity index (χ1n) is 6.98. The summed E-state index contributed by atoms with van der Waals surface area (Å²) in [6.07, 6.45) is 0.522. The SMILES string of the molecule is CC(=O)N(CCC(=O)N[C@@H](C)CC#N)Cc1ccccc1.